The Morgan fingerprint density at radius 2 is 1.94 bits per heavy atom. The third kappa shape index (κ3) is 4.18. The van der Waals surface area contributed by atoms with Crippen LogP contribution in [0.15, 0.2) is 22.7 Å². The summed E-state index contributed by atoms with van der Waals surface area (Å²) < 4.78 is 6.48. The zero-order valence-electron chi connectivity index (χ0n) is 10.8. The van der Waals surface area contributed by atoms with Crippen molar-refractivity contribution in [3.8, 4) is 5.75 Å². The van der Waals surface area contributed by atoms with Gasteiger partial charge < -0.3 is 4.74 Å². The number of halogens is 2. The number of ether oxygens (including phenoxy) is 1. The summed E-state index contributed by atoms with van der Waals surface area (Å²) in [6.45, 7) is 6.50. The first-order chi connectivity index (χ1) is 7.95. The lowest BCUT2D eigenvalue weighted by atomic mass is 9.86. The van der Waals surface area contributed by atoms with Crippen molar-refractivity contribution in [1.82, 2.24) is 0 Å². The van der Waals surface area contributed by atoms with Gasteiger partial charge in [-0.25, -0.2) is 0 Å². The van der Waals surface area contributed by atoms with Crippen molar-refractivity contribution in [3.05, 3.63) is 28.2 Å². The molecule has 17 heavy (non-hydrogen) atoms. The van der Waals surface area contributed by atoms with E-state index in [0.717, 1.165) is 16.6 Å². The Hall–Kier alpha value is -0.210. The van der Waals surface area contributed by atoms with Crippen LogP contribution in [0, 0.1) is 11.8 Å². The molecule has 1 rings (SSSR count). The summed E-state index contributed by atoms with van der Waals surface area (Å²) in [4.78, 5) is 0. The van der Waals surface area contributed by atoms with E-state index in [4.69, 9.17) is 16.3 Å². The quantitative estimate of drug-likeness (QED) is 0.701. The van der Waals surface area contributed by atoms with E-state index in [2.05, 4.69) is 42.8 Å². The molecule has 0 aliphatic rings. The summed E-state index contributed by atoms with van der Waals surface area (Å²) in [5.41, 5.74) is 1.22. The maximum Gasteiger partial charge on any atom is 0.122 e. The number of hydrogen-bond donors (Lipinski definition) is 0. The molecular weight excluding hydrogens is 300 g/mol. The molecule has 1 aromatic carbocycles. The van der Waals surface area contributed by atoms with E-state index < -0.39 is 0 Å². The Labute approximate surface area is 118 Å². The second-order valence-electron chi connectivity index (χ2n) is 4.75. The van der Waals surface area contributed by atoms with Gasteiger partial charge in [0.2, 0.25) is 0 Å². The number of hydrogen-bond acceptors (Lipinski definition) is 1. The van der Waals surface area contributed by atoms with E-state index in [1.54, 1.807) is 7.11 Å². The molecule has 0 aromatic heterocycles. The molecule has 0 fully saturated rings. The highest BCUT2D eigenvalue weighted by Gasteiger charge is 2.21. The highest BCUT2D eigenvalue weighted by Crippen LogP contribution is 2.30. The Balaban J connectivity index is 2.95. The Morgan fingerprint density at radius 1 is 1.29 bits per heavy atom. The maximum atomic E-state index is 6.27. The van der Waals surface area contributed by atoms with Gasteiger partial charge in [-0.3, -0.25) is 0 Å². The number of alkyl halides is 1. The minimum atomic E-state index is 0.165. The van der Waals surface area contributed by atoms with Gasteiger partial charge in [-0.15, -0.1) is 11.6 Å². The molecule has 3 heteroatoms. The van der Waals surface area contributed by atoms with Crippen LogP contribution in [0.5, 0.6) is 5.75 Å². The minimum Gasteiger partial charge on any atom is -0.496 e. The highest BCUT2D eigenvalue weighted by molar-refractivity contribution is 9.10. The van der Waals surface area contributed by atoms with Crippen molar-refractivity contribution in [2.24, 2.45) is 11.8 Å². The van der Waals surface area contributed by atoms with E-state index in [9.17, 15) is 0 Å². The minimum absolute atomic E-state index is 0.165. The lowest BCUT2D eigenvalue weighted by Gasteiger charge is -2.24. The van der Waals surface area contributed by atoms with Crippen molar-refractivity contribution in [1.29, 1.82) is 0 Å². The van der Waals surface area contributed by atoms with Crippen LogP contribution < -0.4 is 4.74 Å². The molecule has 0 spiro atoms. The lowest BCUT2D eigenvalue weighted by molar-refractivity contribution is 0.362. The third-order valence-corrected chi connectivity index (χ3v) is 3.96. The van der Waals surface area contributed by atoms with Crippen molar-refractivity contribution in [2.75, 3.05) is 7.11 Å². The van der Waals surface area contributed by atoms with E-state index in [-0.39, 0.29) is 5.38 Å². The third-order valence-electron chi connectivity index (χ3n) is 3.14. The average Bonchev–Trinajstić information content (AvgIpc) is 2.25. The summed E-state index contributed by atoms with van der Waals surface area (Å²) in [6.07, 6.45) is 0.949. The van der Waals surface area contributed by atoms with E-state index >= 15 is 0 Å². The molecule has 1 aromatic rings. The predicted molar refractivity (Wildman–Crippen MR) is 78.0 cm³/mol. The van der Waals surface area contributed by atoms with Crippen molar-refractivity contribution >= 4 is 27.5 Å². The SMILES string of the molecule is COc1ccc(Br)cc1CC(C(C)C)C(C)Cl. The molecule has 0 aliphatic carbocycles. The van der Waals surface area contributed by atoms with Crippen molar-refractivity contribution in [2.45, 2.75) is 32.6 Å². The molecular formula is C14H20BrClO. The first-order valence-corrected chi connectivity index (χ1v) is 7.15. The molecule has 0 saturated carbocycles. The smallest absolute Gasteiger partial charge is 0.122 e. The molecule has 0 amide bonds. The largest absolute Gasteiger partial charge is 0.496 e. The molecule has 96 valence electrons. The van der Waals surface area contributed by atoms with E-state index in [0.29, 0.717) is 11.8 Å². The fourth-order valence-electron chi connectivity index (χ4n) is 2.09. The molecule has 0 saturated heterocycles. The fraction of sp³-hybridized carbons (Fsp3) is 0.571. The zero-order valence-corrected chi connectivity index (χ0v) is 13.2. The summed E-state index contributed by atoms with van der Waals surface area (Å²) in [5, 5.41) is 0.165. The van der Waals surface area contributed by atoms with Crippen LogP contribution in [0.4, 0.5) is 0 Å². The average molecular weight is 320 g/mol. The first-order valence-electron chi connectivity index (χ1n) is 5.92. The van der Waals surface area contributed by atoms with Gasteiger partial charge in [-0.05, 0) is 48.9 Å². The van der Waals surface area contributed by atoms with Crippen LogP contribution in [0.2, 0.25) is 0 Å². The molecule has 0 heterocycles. The van der Waals surface area contributed by atoms with Gasteiger partial charge in [-0.1, -0.05) is 29.8 Å². The molecule has 2 atom stereocenters. The van der Waals surface area contributed by atoms with Crippen LogP contribution >= 0.6 is 27.5 Å². The summed E-state index contributed by atoms with van der Waals surface area (Å²) in [7, 11) is 1.71. The van der Waals surface area contributed by atoms with E-state index in [1.807, 2.05) is 12.1 Å². The van der Waals surface area contributed by atoms with Gasteiger partial charge in [0.1, 0.15) is 5.75 Å². The van der Waals surface area contributed by atoms with Crippen LogP contribution in [0.25, 0.3) is 0 Å². The van der Waals surface area contributed by atoms with Gasteiger partial charge in [0.25, 0.3) is 0 Å². The summed E-state index contributed by atoms with van der Waals surface area (Å²) in [6, 6.07) is 6.11. The number of methoxy groups -OCH3 is 1. The number of rotatable bonds is 5. The van der Waals surface area contributed by atoms with Crippen molar-refractivity contribution in [3.63, 3.8) is 0 Å². The highest BCUT2D eigenvalue weighted by atomic mass is 79.9. The Morgan fingerprint density at radius 3 is 2.41 bits per heavy atom. The van der Waals surface area contributed by atoms with Gasteiger partial charge >= 0.3 is 0 Å². The second kappa shape index (κ2) is 6.65. The maximum absolute atomic E-state index is 6.27. The topological polar surface area (TPSA) is 9.23 Å². The fourth-order valence-corrected chi connectivity index (χ4v) is 2.88. The van der Waals surface area contributed by atoms with Gasteiger partial charge in [-0.2, -0.15) is 0 Å². The van der Waals surface area contributed by atoms with Gasteiger partial charge in [0.15, 0.2) is 0 Å². The second-order valence-corrected chi connectivity index (χ2v) is 6.35. The summed E-state index contributed by atoms with van der Waals surface area (Å²) >= 11 is 9.77. The molecule has 0 N–H and O–H groups in total. The Kier molecular flexibility index (Phi) is 5.81. The zero-order chi connectivity index (χ0) is 13.0. The lowest BCUT2D eigenvalue weighted by Crippen LogP contribution is -2.21. The molecule has 1 nitrogen and oxygen atoms in total. The van der Waals surface area contributed by atoms with Crippen LogP contribution in [0.3, 0.4) is 0 Å². The van der Waals surface area contributed by atoms with Gasteiger partial charge in [0.05, 0.1) is 7.11 Å². The monoisotopic (exact) mass is 318 g/mol. The molecule has 0 aliphatic heterocycles. The van der Waals surface area contributed by atoms with Crippen LogP contribution in [0.1, 0.15) is 26.3 Å². The van der Waals surface area contributed by atoms with Crippen LogP contribution in [-0.4, -0.2) is 12.5 Å². The normalized spacial score (nSPS) is 14.8. The molecule has 0 bridgehead atoms. The standard InChI is InChI=1S/C14H20BrClO/c1-9(2)13(10(3)16)8-11-7-12(15)5-6-14(11)17-4/h5-7,9-10,13H,8H2,1-4H3. The van der Waals surface area contributed by atoms with Crippen molar-refractivity contribution < 1.29 is 4.74 Å². The molecule has 0 radical (unpaired) electrons. The first kappa shape index (κ1) is 14.8. The Bertz CT molecular complexity index is 355. The summed E-state index contributed by atoms with van der Waals surface area (Å²) in [5.74, 6) is 1.96. The van der Waals surface area contributed by atoms with Crippen LogP contribution in [-0.2, 0) is 6.42 Å². The predicted octanol–water partition coefficient (Wildman–Crippen LogP) is 4.90. The number of benzene rings is 1. The molecule has 2 unspecified atom stereocenters. The van der Waals surface area contributed by atoms with E-state index in [1.165, 1.54) is 5.56 Å². The van der Waals surface area contributed by atoms with Gasteiger partial charge in [0, 0.05) is 9.85 Å².